The highest BCUT2D eigenvalue weighted by atomic mass is 35.5. The van der Waals surface area contributed by atoms with Gasteiger partial charge in [-0.2, -0.15) is 0 Å². The first-order chi connectivity index (χ1) is 5.74. The van der Waals surface area contributed by atoms with Crippen LogP contribution in [-0.4, -0.2) is 12.1 Å². The SMILES string of the molecule is [2H]COc1ccc(C([2H])Cl)cn1. The Kier molecular flexibility index (Phi) is 1.70. The smallest absolute Gasteiger partial charge is 0.212 e. The molecule has 0 fully saturated rings. The van der Waals surface area contributed by atoms with Gasteiger partial charge in [-0.3, -0.25) is 0 Å². The van der Waals surface area contributed by atoms with Gasteiger partial charge in [-0.15, -0.1) is 11.6 Å². The van der Waals surface area contributed by atoms with Crippen molar-refractivity contribution in [1.82, 2.24) is 4.98 Å². The number of halogens is 1. The number of rotatable bonds is 2. The van der Waals surface area contributed by atoms with Crippen LogP contribution < -0.4 is 4.74 Å². The summed E-state index contributed by atoms with van der Waals surface area (Å²) in [6, 6.07) is 3.25. The number of hydrogen-bond acceptors (Lipinski definition) is 2. The van der Waals surface area contributed by atoms with Crippen LogP contribution in [-0.2, 0) is 5.86 Å². The fourth-order valence-electron chi connectivity index (χ4n) is 0.542. The lowest BCUT2D eigenvalue weighted by Gasteiger charge is -1.97. The molecule has 0 aromatic carbocycles. The van der Waals surface area contributed by atoms with Crippen LogP contribution in [0.1, 0.15) is 8.30 Å². The number of methoxy groups -OCH3 is 1. The third-order valence-corrected chi connectivity index (χ3v) is 1.29. The van der Waals surface area contributed by atoms with E-state index in [1.807, 2.05) is 0 Å². The monoisotopic (exact) mass is 159 g/mol. The van der Waals surface area contributed by atoms with Crippen molar-refractivity contribution < 1.29 is 7.48 Å². The Bertz CT molecular complexity index is 240. The molecule has 1 atom stereocenters. The van der Waals surface area contributed by atoms with Gasteiger partial charge in [-0.25, -0.2) is 4.98 Å². The molecular formula is C7H8ClNO. The summed E-state index contributed by atoms with van der Waals surface area (Å²) < 4.78 is 18.7. The molecule has 1 rings (SSSR count). The van der Waals surface area contributed by atoms with E-state index in [0.717, 1.165) is 0 Å². The van der Waals surface area contributed by atoms with Crippen molar-refractivity contribution in [1.29, 1.82) is 0 Å². The summed E-state index contributed by atoms with van der Waals surface area (Å²) >= 11 is 5.48. The molecule has 2 nitrogen and oxygen atoms in total. The van der Waals surface area contributed by atoms with Gasteiger partial charge >= 0.3 is 0 Å². The van der Waals surface area contributed by atoms with Crippen LogP contribution >= 0.6 is 11.6 Å². The van der Waals surface area contributed by atoms with E-state index in [1.54, 1.807) is 12.1 Å². The van der Waals surface area contributed by atoms with Crippen LogP contribution in [0.2, 0.25) is 0 Å². The van der Waals surface area contributed by atoms with E-state index in [1.165, 1.54) is 6.20 Å². The molecule has 10 heavy (non-hydrogen) atoms. The summed E-state index contributed by atoms with van der Waals surface area (Å²) in [5.74, 6) is -0.409. The quantitative estimate of drug-likeness (QED) is 0.615. The van der Waals surface area contributed by atoms with E-state index in [9.17, 15) is 0 Å². The van der Waals surface area contributed by atoms with Gasteiger partial charge in [0.15, 0.2) is 0 Å². The summed E-state index contributed by atoms with van der Waals surface area (Å²) in [4.78, 5) is 3.84. The van der Waals surface area contributed by atoms with E-state index in [4.69, 9.17) is 19.1 Å². The van der Waals surface area contributed by atoms with E-state index in [-0.39, 0.29) is 7.09 Å². The number of aromatic nitrogens is 1. The molecule has 0 N–H and O–H groups in total. The van der Waals surface area contributed by atoms with Crippen molar-refractivity contribution in [2.45, 2.75) is 5.86 Å². The average Bonchev–Trinajstić information content (AvgIpc) is 2.06. The molecule has 0 bridgehead atoms. The predicted molar refractivity (Wildman–Crippen MR) is 40.3 cm³/mol. The highest BCUT2D eigenvalue weighted by Crippen LogP contribution is 2.07. The number of hydrogen-bond donors (Lipinski definition) is 0. The topological polar surface area (TPSA) is 22.1 Å². The standard InChI is InChI=1S/C7H8ClNO/c1-10-7-3-2-6(4-8)5-9-7/h2-3,5H,4H2,1H3/i1D,4D. The van der Waals surface area contributed by atoms with Crippen LogP contribution in [0, 0.1) is 0 Å². The van der Waals surface area contributed by atoms with Gasteiger partial charge in [0, 0.05) is 19.5 Å². The summed E-state index contributed by atoms with van der Waals surface area (Å²) in [6.45, 7) is 0. The lowest BCUT2D eigenvalue weighted by Crippen LogP contribution is -1.87. The van der Waals surface area contributed by atoms with Crippen LogP contribution in [0.3, 0.4) is 0 Å². The van der Waals surface area contributed by atoms with Crippen molar-refractivity contribution in [2.75, 3.05) is 7.09 Å². The first-order valence-corrected chi connectivity index (χ1v) is 3.12. The maximum Gasteiger partial charge on any atom is 0.212 e. The lowest BCUT2D eigenvalue weighted by atomic mass is 10.3. The molecule has 0 aliphatic rings. The van der Waals surface area contributed by atoms with Gasteiger partial charge in [0.25, 0.3) is 0 Å². The van der Waals surface area contributed by atoms with Gasteiger partial charge in [-0.05, 0) is 5.56 Å². The minimum absolute atomic E-state index is 0.155. The largest absolute Gasteiger partial charge is 0.481 e. The molecule has 0 aliphatic heterocycles. The zero-order valence-corrected chi connectivity index (χ0v) is 6.01. The second-order valence-corrected chi connectivity index (χ2v) is 1.90. The Balaban J connectivity index is 2.71. The molecule has 1 aromatic rings. The molecule has 0 amide bonds. The number of ether oxygens (including phenoxy) is 1. The van der Waals surface area contributed by atoms with Gasteiger partial charge in [-0.1, -0.05) is 6.07 Å². The van der Waals surface area contributed by atoms with Crippen molar-refractivity contribution in [3.05, 3.63) is 23.9 Å². The van der Waals surface area contributed by atoms with Gasteiger partial charge in [0.1, 0.15) is 0 Å². The maximum absolute atomic E-state index is 7.14. The second-order valence-electron chi connectivity index (χ2n) is 1.68. The first-order valence-electron chi connectivity index (χ1n) is 3.97. The third kappa shape index (κ3) is 1.61. The van der Waals surface area contributed by atoms with Gasteiger partial charge in [0.05, 0.1) is 8.46 Å². The molecular weight excluding hydrogens is 150 g/mol. The lowest BCUT2D eigenvalue weighted by molar-refractivity contribution is 0.397. The Labute approximate surface area is 67.6 Å². The zero-order chi connectivity index (χ0) is 8.97. The van der Waals surface area contributed by atoms with Crippen molar-refractivity contribution >= 4 is 11.6 Å². The number of nitrogens with zero attached hydrogens (tertiary/aromatic N) is 1. The van der Waals surface area contributed by atoms with E-state index >= 15 is 0 Å². The van der Waals surface area contributed by atoms with E-state index in [0.29, 0.717) is 11.4 Å². The van der Waals surface area contributed by atoms with Gasteiger partial charge in [0.2, 0.25) is 5.88 Å². The fourth-order valence-corrected chi connectivity index (χ4v) is 0.671. The molecule has 0 radical (unpaired) electrons. The summed E-state index contributed by atoms with van der Waals surface area (Å²) in [6.07, 6.45) is 1.47. The molecule has 0 saturated carbocycles. The Morgan fingerprint density at radius 2 is 2.80 bits per heavy atom. The van der Waals surface area contributed by atoms with Crippen LogP contribution in [0.25, 0.3) is 0 Å². The van der Waals surface area contributed by atoms with Crippen LogP contribution in [0.5, 0.6) is 5.88 Å². The molecule has 3 heteroatoms. The first kappa shape index (κ1) is 4.97. The summed E-state index contributed by atoms with van der Waals surface area (Å²) in [5.41, 5.74) is 0.619. The van der Waals surface area contributed by atoms with Crippen LogP contribution in [0.15, 0.2) is 18.3 Å². The predicted octanol–water partition coefficient (Wildman–Crippen LogP) is 1.83. The van der Waals surface area contributed by atoms with Gasteiger partial charge < -0.3 is 4.74 Å². The van der Waals surface area contributed by atoms with Crippen LogP contribution in [0.4, 0.5) is 0 Å². The van der Waals surface area contributed by atoms with Crippen molar-refractivity contribution in [2.24, 2.45) is 0 Å². The molecule has 1 heterocycles. The maximum atomic E-state index is 7.14. The minimum Gasteiger partial charge on any atom is -0.481 e. The van der Waals surface area contributed by atoms with Crippen molar-refractivity contribution in [3.8, 4) is 5.88 Å². The highest BCUT2D eigenvalue weighted by molar-refractivity contribution is 6.17. The summed E-state index contributed by atoms with van der Waals surface area (Å²) in [7, 11) is -0.155. The molecule has 0 aliphatic carbocycles. The minimum atomic E-state index is -0.789. The molecule has 1 aromatic heterocycles. The molecule has 0 spiro atoms. The summed E-state index contributed by atoms with van der Waals surface area (Å²) in [5, 5.41) is 0. The third-order valence-electron chi connectivity index (χ3n) is 1.03. The molecule has 54 valence electrons. The van der Waals surface area contributed by atoms with Crippen molar-refractivity contribution in [3.63, 3.8) is 0 Å². The Morgan fingerprint density at radius 1 is 1.90 bits per heavy atom. The Hall–Kier alpha value is -0.760. The van der Waals surface area contributed by atoms with E-state index < -0.39 is 5.86 Å². The second kappa shape index (κ2) is 3.42. The zero-order valence-electron chi connectivity index (χ0n) is 7.25. The Morgan fingerprint density at radius 3 is 3.30 bits per heavy atom. The number of alkyl halides is 1. The number of pyridine rings is 1. The highest BCUT2D eigenvalue weighted by Gasteiger charge is 1.91. The molecule has 1 unspecified atom stereocenters. The normalized spacial score (nSPS) is 15.3. The molecule has 0 saturated heterocycles. The fraction of sp³-hybridized carbons (Fsp3) is 0.286. The average molecular weight is 160 g/mol. The van der Waals surface area contributed by atoms with E-state index in [2.05, 4.69) is 4.98 Å².